The monoisotopic (exact) mass is 223 g/mol. The van der Waals surface area contributed by atoms with E-state index in [1.54, 1.807) is 25.1 Å². The van der Waals surface area contributed by atoms with Gasteiger partial charge in [0.25, 0.3) is 0 Å². The Balaban J connectivity index is 2.38. The summed E-state index contributed by atoms with van der Waals surface area (Å²) >= 11 is 1.70. The average molecular weight is 223 g/mol. The zero-order valence-electron chi connectivity index (χ0n) is 8.53. The van der Waals surface area contributed by atoms with Gasteiger partial charge in [0, 0.05) is 17.7 Å². The van der Waals surface area contributed by atoms with Gasteiger partial charge in [-0.05, 0) is 18.2 Å². The Hall–Kier alpha value is -1.13. The van der Waals surface area contributed by atoms with Gasteiger partial charge in [-0.15, -0.1) is 11.8 Å². The number of methoxy groups -OCH3 is 1. The molecule has 4 heteroatoms. The Kier molecular flexibility index (Phi) is 3.18. The molecule has 0 aliphatic carbocycles. The molecule has 0 aliphatic rings. The predicted molar refractivity (Wildman–Crippen MR) is 62.5 cm³/mol. The first-order chi connectivity index (χ1) is 7.35. The van der Waals surface area contributed by atoms with Crippen LogP contribution < -0.4 is 10.5 Å². The normalized spacial score (nSPS) is 10.8. The zero-order valence-corrected chi connectivity index (χ0v) is 9.34. The first-order valence-electron chi connectivity index (χ1n) is 4.73. The molecule has 2 N–H and O–H groups in total. The lowest BCUT2D eigenvalue weighted by atomic mass is 10.2. The molecule has 0 spiro atoms. The third-order valence-corrected chi connectivity index (χ3v) is 3.19. The summed E-state index contributed by atoms with van der Waals surface area (Å²) < 4.78 is 10.6. The molecule has 0 aliphatic heterocycles. The van der Waals surface area contributed by atoms with Crippen molar-refractivity contribution < 1.29 is 9.15 Å². The first kappa shape index (κ1) is 10.4. The molecule has 0 unspecified atom stereocenters. The first-order valence-corrected chi connectivity index (χ1v) is 5.72. The molecule has 0 fully saturated rings. The van der Waals surface area contributed by atoms with Crippen molar-refractivity contribution in [3.05, 3.63) is 24.5 Å². The molecule has 80 valence electrons. The van der Waals surface area contributed by atoms with E-state index in [0.717, 1.165) is 27.4 Å². The molecule has 1 aromatic heterocycles. The topological polar surface area (TPSA) is 48.4 Å². The molecule has 3 nitrogen and oxygen atoms in total. The summed E-state index contributed by atoms with van der Waals surface area (Å²) in [6.07, 6.45) is 1.77. The number of thioether (sulfide) groups is 1. The fraction of sp³-hybridized carbons (Fsp3) is 0.273. The summed E-state index contributed by atoms with van der Waals surface area (Å²) in [5.41, 5.74) is 6.35. The molecular weight excluding hydrogens is 210 g/mol. The van der Waals surface area contributed by atoms with Gasteiger partial charge in [-0.1, -0.05) is 0 Å². The third-order valence-electron chi connectivity index (χ3n) is 2.12. The van der Waals surface area contributed by atoms with E-state index in [9.17, 15) is 0 Å². The number of rotatable bonds is 4. The van der Waals surface area contributed by atoms with Gasteiger partial charge in [0.1, 0.15) is 17.6 Å². The number of benzene rings is 1. The molecule has 0 radical (unpaired) electrons. The second-order valence-electron chi connectivity index (χ2n) is 3.10. The van der Waals surface area contributed by atoms with Gasteiger partial charge in [-0.3, -0.25) is 0 Å². The molecule has 2 aromatic rings. The summed E-state index contributed by atoms with van der Waals surface area (Å²) in [6, 6.07) is 5.79. The fourth-order valence-corrected chi connectivity index (χ4v) is 2.16. The number of hydrogen-bond acceptors (Lipinski definition) is 4. The Labute approximate surface area is 92.6 Å². The lowest BCUT2D eigenvalue weighted by Gasteiger charge is -1.99. The summed E-state index contributed by atoms with van der Waals surface area (Å²) in [5, 5.41) is 1.09. The minimum Gasteiger partial charge on any atom is -0.497 e. The van der Waals surface area contributed by atoms with Crippen molar-refractivity contribution in [2.24, 2.45) is 5.73 Å². The Morgan fingerprint density at radius 2 is 2.33 bits per heavy atom. The van der Waals surface area contributed by atoms with Gasteiger partial charge >= 0.3 is 0 Å². The van der Waals surface area contributed by atoms with E-state index in [2.05, 4.69) is 0 Å². The van der Waals surface area contributed by atoms with Crippen LogP contribution in [0.5, 0.6) is 5.75 Å². The maximum absolute atomic E-state index is 5.47. The quantitative estimate of drug-likeness (QED) is 0.809. The van der Waals surface area contributed by atoms with Gasteiger partial charge < -0.3 is 14.9 Å². The van der Waals surface area contributed by atoms with Gasteiger partial charge in [-0.2, -0.15) is 0 Å². The summed E-state index contributed by atoms with van der Waals surface area (Å²) in [7, 11) is 1.66. The molecule has 2 rings (SSSR count). The van der Waals surface area contributed by atoms with Crippen LogP contribution >= 0.6 is 11.8 Å². The molecule has 1 heterocycles. The van der Waals surface area contributed by atoms with Crippen molar-refractivity contribution in [2.75, 3.05) is 19.4 Å². The average Bonchev–Trinajstić information content (AvgIpc) is 2.68. The van der Waals surface area contributed by atoms with E-state index in [4.69, 9.17) is 14.9 Å². The highest BCUT2D eigenvalue weighted by Gasteiger charge is 2.06. The number of nitrogens with two attached hydrogens (primary N) is 1. The van der Waals surface area contributed by atoms with Crippen molar-refractivity contribution in [1.29, 1.82) is 0 Å². The highest BCUT2D eigenvalue weighted by molar-refractivity contribution is 7.99. The molecule has 0 saturated heterocycles. The predicted octanol–water partition coefficient (Wildman–Crippen LogP) is 2.49. The summed E-state index contributed by atoms with van der Waals surface area (Å²) in [4.78, 5) is 1.12. The molecule has 1 aromatic carbocycles. The van der Waals surface area contributed by atoms with Crippen molar-refractivity contribution in [3.63, 3.8) is 0 Å². The molecule has 0 amide bonds. The van der Waals surface area contributed by atoms with Crippen LogP contribution in [0.1, 0.15) is 0 Å². The van der Waals surface area contributed by atoms with Crippen LogP contribution in [0.3, 0.4) is 0 Å². The Morgan fingerprint density at radius 3 is 3.07 bits per heavy atom. The fourth-order valence-electron chi connectivity index (χ4n) is 1.39. The molecule has 0 saturated carbocycles. The largest absolute Gasteiger partial charge is 0.497 e. The van der Waals surface area contributed by atoms with Crippen molar-refractivity contribution in [3.8, 4) is 5.75 Å². The smallest absolute Gasteiger partial charge is 0.135 e. The number of furan rings is 1. The molecule has 0 bridgehead atoms. The van der Waals surface area contributed by atoms with Gasteiger partial charge in [0.15, 0.2) is 0 Å². The highest BCUT2D eigenvalue weighted by Crippen LogP contribution is 2.32. The highest BCUT2D eigenvalue weighted by atomic mass is 32.2. The maximum Gasteiger partial charge on any atom is 0.135 e. The number of hydrogen-bond donors (Lipinski definition) is 1. The van der Waals surface area contributed by atoms with Crippen LogP contribution in [-0.2, 0) is 0 Å². The Bertz CT molecular complexity index is 453. The lowest BCUT2D eigenvalue weighted by molar-refractivity contribution is 0.415. The summed E-state index contributed by atoms with van der Waals surface area (Å²) in [6.45, 7) is 0.668. The minimum absolute atomic E-state index is 0.668. The third kappa shape index (κ3) is 2.11. The molecule has 0 atom stereocenters. The zero-order chi connectivity index (χ0) is 10.7. The van der Waals surface area contributed by atoms with E-state index >= 15 is 0 Å². The molecular formula is C11H13NO2S. The van der Waals surface area contributed by atoms with Crippen molar-refractivity contribution in [2.45, 2.75) is 4.90 Å². The van der Waals surface area contributed by atoms with Gasteiger partial charge in [0.05, 0.1) is 12.0 Å². The van der Waals surface area contributed by atoms with E-state index in [1.165, 1.54) is 0 Å². The standard InChI is InChI=1S/C11H13NO2S/c1-13-8-2-3-10-9(6-8)11(7-14-10)15-5-4-12/h2-3,6-7H,4-5,12H2,1H3. The maximum atomic E-state index is 5.47. The Morgan fingerprint density at radius 1 is 1.47 bits per heavy atom. The lowest BCUT2D eigenvalue weighted by Crippen LogP contribution is -2.00. The summed E-state index contributed by atoms with van der Waals surface area (Å²) in [5.74, 6) is 1.74. The van der Waals surface area contributed by atoms with Crippen LogP contribution in [0, 0.1) is 0 Å². The second-order valence-corrected chi connectivity index (χ2v) is 4.24. The minimum atomic E-state index is 0.668. The van der Waals surface area contributed by atoms with Crippen LogP contribution in [0.15, 0.2) is 33.8 Å². The van der Waals surface area contributed by atoms with Crippen LogP contribution in [-0.4, -0.2) is 19.4 Å². The van der Waals surface area contributed by atoms with E-state index in [-0.39, 0.29) is 0 Å². The van der Waals surface area contributed by atoms with E-state index < -0.39 is 0 Å². The van der Waals surface area contributed by atoms with Gasteiger partial charge in [0.2, 0.25) is 0 Å². The van der Waals surface area contributed by atoms with E-state index in [0.29, 0.717) is 6.54 Å². The SMILES string of the molecule is COc1ccc2occ(SCCN)c2c1. The van der Waals surface area contributed by atoms with Crippen molar-refractivity contribution in [1.82, 2.24) is 0 Å². The van der Waals surface area contributed by atoms with Crippen molar-refractivity contribution >= 4 is 22.7 Å². The van der Waals surface area contributed by atoms with E-state index in [1.807, 2.05) is 18.2 Å². The van der Waals surface area contributed by atoms with Crippen LogP contribution in [0.2, 0.25) is 0 Å². The van der Waals surface area contributed by atoms with Gasteiger partial charge in [-0.25, -0.2) is 0 Å². The number of ether oxygens (including phenoxy) is 1. The molecule has 15 heavy (non-hydrogen) atoms. The van der Waals surface area contributed by atoms with Crippen LogP contribution in [0.25, 0.3) is 11.0 Å². The second kappa shape index (κ2) is 4.59. The number of fused-ring (bicyclic) bond motifs is 1. The van der Waals surface area contributed by atoms with Crippen LogP contribution in [0.4, 0.5) is 0 Å².